The van der Waals surface area contributed by atoms with E-state index in [2.05, 4.69) is 90.4 Å². The number of carbonyl (C=O) groups excluding carboxylic acids is 16. The van der Waals surface area contributed by atoms with E-state index in [1.807, 2.05) is 30.3 Å². The molecule has 0 unspecified atom stereocenters. The second-order valence-electron chi connectivity index (χ2n) is 37.3. The number of nitrogens with two attached hydrogens (primary N) is 5. The minimum atomic E-state index is -2.02. The summed E-state index contributed by atoms with van der Waals surface area (Å²) in [5.74, 6) is -23.3. The van der Waals surface area contributed by atoms with Gasteiger partial charge in [0, 0.05) is 76.5 Å². The summed E-state index contributed by atoms with van der Waals surface area (Å²) in [6.07, 6.45) is -0.126. The van der Waals surface area contributed by atoms with Crippen LogP contribution >= 0.6 is 21.6 Å². The monoisotopic (exact) mass is 2080 g/mol. The van der Waals surface area contributed by atoms with Gasteiger partial charge < -0.3 is 144 Å². The van der Waals surface area contributed by atoms with E-state index in [0.717, 1.165) is 51.0 Å². The normalized spacial score (nSPS) is 22.5. The first-order valence-electron chi connectivity index (χ1n) is 49.2. The Hall–Kier alpha value is -14.6. The highest BCUT2D eigenvalue weighted by Gasteiger charge is 2.48. The molecule has 17 atom stereocenters. The molecule has 34 N–H and O–H groups in total. The first-order chi connectivity index (χ1) is 70.0. The van der Waals surface area contributed by atoms with Crippen LogP contribution in [0, 0.1) is 39.4 Å². The van der Waals surface area contributed by atoms with E-state index in [9.17, 15) is 44.1 Å². The molecule has 4 aromatic carbocycles. The number of fused-ring (bicyclic) bond motifs is 2. The Kier molecular flexibility index (Phi) is 47.3. The molecular formula is C97H142N28O20S2. The molecule has 0 radical (unpaired) electrons. The molecule has 16 amide bonds. The number of aliphatic hydroxyl groups is 1. The summed E-state index contributed by atoms with van der Waals surface area (Å²) in [6, 6.07) is 5.63. The van der Waals surface area contributed by atoms with Gasteiger partial charge in [-0.25, -0.2) is 0 Å². The lowest BCUT2D eigenvalue weighted by molar-refractivity contribution is -0.146. The highest BCUT2D eigenvalue weighted by molar-refractivity contribution is 8.76. The van der Waals surface area contributed by atoms with Crippen molar-refractivity contribution in [1.29, 1.82) is 21.6 Å². The molecule has 0 spiro atoms. The van der Waals surface area contributed by atoms with Crippen molar-refractivity contribution in [1.82, 2.24) is 100 Å². The molecule has 1 aliphatic carbocycles. The largest absolute Gasteiger partial charge is 0.508 e. The Labute approximate surface area is 859 Å². The van der Waals surface area contributed by atoms with Crippen LogP contribution in [0.3, 0.4) is 0 Å². The lowest BCUT2D eigenvalue weighted by atomic mass is 9.80. The van der Waals surface area contributed by atoms with E-state index in [1.165, 1.54) is 43.0 Å². The Bertz CT molecular complexity index is 5250. The Morgan fingerprint density at radius 3 is 1.44 bits per heavy atom. The Morgan fingerprint density at radius 2 is 0.932 bits per heavy atom. The van der Waals surface area contributed by atoms with Crippen LogP contribution in [0.2, 0.25) is 0 Å². The highest BCUT2D eigenvalue weighted by atomic mass is 33.1. The fourth-order valence-corrected chi connectivity index (χ4v) is 19.8. The SMILES string of the molecule is CC[C@H](C)[C@@H]1NC(=O)[C@H](Cc2ccc(-c3ccccc3)cc2)NC(=O)[C@H](CC2CCC2)NC(=O)[C@@H]2[C@@H](c3ccccc3)CCN2C(=O)[C@@H](NC(=O)[C@H](CCCNC(=N)N)NC(=O)[C@H](CCCNC(=N)N)NC(C)=O)CSSC[C@@H](C(=O)N[C@@H](CCCNC(=N)N)C(=O)N[C@@H](CCCNC(=N)N)C(N)=O)NC(=O)[C@H](C(C)C)NC(=O)[C@@H]2CCCN2C(=O)[C@H](CC(=O)O)NC(=O)[C@H](Cc2ccc(O)cc2)NC(=O)[C@H](CO)NC1=O. The van der Waals surface area contributed by atoms with E-state index in [-0.39, 0.29) is 158 Å². The predicted octanol–water partition coefficient (Wildman–Crippen LogP) is -3.16. The van der Waals surface area contributed by atoms with Crippen molar-refractivity contribution in [3.05, 3.63) is 126 Å². The minimum Gasteiger partial charge on any atom is -0.508 e. The van der Waals surface area contributed by atoms with Gasteiger partial charge in [0.25, 0.3) is 0 Å². The van der Waals surface area contributed by atoms with Crippen LogP contribution in [0.15, 0.2) is 109 Å². The summed E-state index contributed by atoms with van der Waals surface area (Å²) in [5, 5.41) is 108. The standard InChI is InChI=1S/C97H142N28O20S2/c1-6-53(4)77-90(142)119-71(49-126)86(138)116-67(47-57-32-36-61(128)37-33-57)84(136)118-70(48-75(129)130)92(144)124-43-18-29-74(124)88(140)122-76(52(2)3)89(141)120-72(87(139)114-65(27-16-41-109-96(103)104)81(133)112-63(79(98)131)25-14-39-107-94(99)100)50-146-147-51-73(121-82(134)66(28-17-42-110-97(105)106)113-80(132)64(111-54(5)127)26-15-40-108-95(101)102)93(145)125-44-38-62(60-23-11-8-12-24-60)78(125)91(143)117-68(45-55-19-13-20-55)83(135)115-69(85(137)123-77)46-56-30-34-59(35-31-56)58-21-9-7-10-22-58/h7-12,21-24,30-37,52-53,55,62-74,76-78,126,128H,6,13-20,25-29,38-51H2,1-5H3,(H2,98,131)(H,111,127)(H,112,133)(H,113,132)(H,114,139)(H,115,135)(H,116,138)(H,117,143)(H,118,136)(H,119,142)(H,120,141)(H,121,134)(H,122,140)(H,123,137)(H,129,130)(H4,99,100,107)(H4,101,102,108)(H4,103,104,109)(H4,105,106,110)/t53-,62+,63-,64-,65-,66-,67-,68-,69-,70-,71-,72-,73-,74-,76-,77-,78-/m0/s1. The smallest absolute Gasteiger partial charge is 0.305 e. The van der Waals surface area contributed by atoms with Crippen LogP contribution in [0.1, 0.15) is 166 Å². The number of phenols is 1. The van der Waals surface area contributed by atoms with Crippen molar-refractivity contribution in [3.8, 4) is 16.9 Å². The lowest BCUT2D eigenvalue weighted by Gasteiger charge is -2.34. The van der Waals surface area contributed by atoms with Gasteiger partial charge in [-0.2, -0.15) is 0 Å². The third kappa shape index (κ3) is 37.8. The van der Waals surface area contributed by atoms with Gasteiger partial charge in [-0.1, -0.05) is 172 Å². The average Bonchev–Trinajstić information content (AvgIpc) is 1.66. The number of amides is 16. The second-order valence-corrected chi connectivity index (χ2v) is 39.8. The number of rotatable bonds is 40. The van der Waals surface area contributed by atoms with Gasteiger partial charge in [-0.05, 0) is 135 Å². The summed E-state index contributed by atoms with van der Waals surface area (Å²) >= 11 is 0. The Balaban J connectivity index is 1.30. The number of aromatic hydroxyl groups is 1. The van der Waals surface area contributed by atoms with Gasteiger partial charge >= 0.3 is 5.97 Å². The van der Waals surface area contributed by atoms with Crippen molar-refractivity contribution < 1.29 is 96.8 Å². The number of aliphatic carboxylic acids is 1. The number of nitrogens with one attached hydrogen (secondary N) is 21. The summed E-state index contributed by atoms with van der Waals surface area (Å²) < 4.78 is 0. The van der Waals surface area contributed by atoms with Gasteiger partial charge in [-0.3, -0.25) is 103 Å². The number of aliphatic hydroxyl groups excluding tert-OH is 1. The summed E-state index contributed by atoms with van der Waals surface area (Å²) in [4.78, 5) is 257. The average molecular weight is 2080 g/mol. The fraction of sp³-hybridized carbons (Fsp3) is 0.536. The quantitative estimate of drug-likeness (QED) is 0.00904. The van der Waals surface area contributed by atoms with Crippen molar-refractivity contribution >= 4 is 146 Å². The third-order valence-electron chi connectivity index (χ3n) is 25.8. The van der Waals surface area contributed by atoms with Crippen LogP contribution in [-0.4, -0.2) is 297 Å². The number of benzene rings is 4. The zero-order valence-electron chi connectivity index (χ0n) is 83.0. The third-order valence-corrected chi connectivity index (χ3v) is 28.2. The number of guanidine groups is 4. The minimum absolute atomic E-state index is 0.00692. The maximum absolute atomic E-state index is 16.5. The zero-order chi connectivity index (χ0) is 108. The number of carbonyl (C=O) groups is 17. The van der Waals surface area contributed by atoms with Crippen molar-refractivity contribution in [3.63, 3.8) is 0 Å². The van der Waals surface area contributed by atoms with Crippen LogP contribution < -0.4 is 119 Å². The number of primary amides is 1. The maximum Gasteiger partial charge on any atom is 0.305 e. The highest BCUT2D eigenvalue weighted by Crippen LogP contribution is 2.37. The predicted molar refractivity (Wildman–Crippen MR) is 549 cm³/mol. The van der Waals surface area contributed by atoms with Crippen LogP contribution in [0.25, 0.3) is 11.1 Å². The second kappa shape index (κ2) is 59.1. The van der Waals surface area contributed by atoms with E-state index < -0.39 is 252 Å². The van der Waals surface area contributed by atoms with Crippen molar-refractivity contribution in [2.45, 2.75) is 253 Å². The number of hydrogen-bond acceptors (Lipinski definition) is 25. The molecule has 3 aliphatic heterocycles. The summed E-state index contributed by atoms with van der Waals surface area (Å²) in [6.45, 7) is 5.93. The zero-order valence-corrected chi connectivity index (χ0v) is 84.7. The van der Waals surface area contributed by atoms with Crippen molar-refractivity contribution in [2.24, 2.45) is 46.4 Å². The lowest BCUT2D eigenvalue weighted by Crippen LogP contribution is -2.62. The Morgan fingerprint density at radius 1 is 0.469 bits per heavy atom. The first-order valence-corrected chi connectivity index (χ1v) is 51.7. The molecule has 4 fully saturated rings. The number of carboxylic acid groups (broad SMARTS) is 1. The molecule has 0 bridgehead atoms. The van der Waals surface area contributed by atoms with Gasteiger partial charge in [0.2, 0.25) is 94.5 Å². The van der Waals surface area contributed by atoms with E-state index in [1.54, 1.807) is 68.4 Å². The van der Waals surface area contributed by atoms with Gasteiger partial charge in [0.1, 0.15) is 96.4 Å². The van der Waals surface area contributed by atoms with E-state index >= 15 is 52.7 Å². The van der Waals surface area contributed by atoms with Crippen LogP contribution in [-0.2, 0) is 94.3 Å². The van der Waals surface area contributed by atoms with Crippen LogP contribution in [0.4, 0.5) is 0 Å². The molecule has 8 rings (SSSR count). The van der Waals surface area contributed by atoms with Gasteiger partial charge in [-0.15, -0.1) is 0 Å². The number of nitrogens with zero attached hydrogens (tertiary/aromatic N) is 2. The van der Waals surface area contributed by atoms with E-state index in [4.69, 9.17) is 50.3 Å². The number of hydrogen-bond donors (Lipinski definition) is 29. The summed E-state index contributed by atoms with van der Waals surface area (Å²) in [5.41, 5.74) is 31.1. The number of carboxylic acids is 1. The maximum atomic E-state index is 16.5. The first kappa shape index (κ1) is 118. The molecule has 802 valence electrons. The van der Waals surface area contributed by atoms with Gasteiger partial charge in [0.05, 0.1) is 13.0 Å². The molecular weight excluding hydrogens is 1940 g/mol. The fourth-order valence-electron chi connectivity index (χ4n) is 17.4. The topological polar surface area (TPSA) is 787 Å². The molecule has 48 nitrogen and oxygen atoms in total. The molecule has 4 aliphatic rings. The molecule has 4 aromatic rings. The van der Waals surface area contributed by atoms with Crippen molar-refractivity contribution in [2.75, 3.05) is 57.4 Å². The molecule has 0 aromatic heterocycles. The van der Waals surface area contributed by atoms with E-state index in [0.29, 0.717) is 24.0 Å². The van der Waals surface area contributed by atoms with Gasteiger partial charge in [0.15, 0.2) is 23.8 Å². The molecule has 3 saturated heterocycles. The van der Waals surface area contributed by atoms with Crippen LogP contribution in [0.5, 0.6) is 5.75 Å². The number of phenolic OH excluding ortho intramolecular Hbond substituents is 1. The molecule has 50 heteroatoms. The summed E-state index contributed by atoms with van der Waals surface area (Å²) in [7, 11) is 1.62. The molecule has 3 heterocycles. The molecule has 1 saturated carbocycles. The molecule has 147 heavy (non-hydrogen) atoms.